The van der Waals surface area contributed by atoms with Gasteiger partial charge in [0, 0.05) is 43.9 Å². The van der Waals surface area contributed by atoms with E-state index in [1.54, 1.807) is 0 Å². The van der Waals surface area contributed by atoms with Gasteiger partial charge < -0.3 is 14.7 Å². The molecule has 178 valence electrons. The molecule has 34 heavy (non-hydrogen) atoms. The number of amides is 1. The van der Waals surface area contributed by atoms with Crippen LogP contribution in [0.4, 0.5) is 10.1 Å². The molecule has 4 rings (SSSR count). The number of carbonyl (C=O) groups is 2. The molecule has 0 spiro atoms. The summed E-state index contributed by atoms with van der Waals surface area (Å²) in [4.78, 5) is 40.1. The lowest BCUT2D eigenvalue weighted by Crippen LogP contribution is -2.38. The number of ether oxygens (including phenoxy) is 1. The summed E-state index contributed by atoms with van der Waals surface area (Å²) in [5.41, 5.74) is 0.392. The minimum atomic E-state index is -0.921. The molecule has 0 radical (unpaired) electrons. The number of benzene rings is 2. The highest BCUT2D eigenvalue weighted by molar-refractivity contribution is 6.46. The second-order valence-corrected chi connectivity index (χ2v) is 8.16. The van der Waals surface area contributed by atoms with Crippen molar-refractivity contribution in [2.45, 2.75) is 12.5 Å². The summed E-state index contributed by atoms with van der Waals surface area (Å²) in [6, 6.07) is 9.55. The normalized spacial score (nSPS) is 20.6. The molecule has 0 bridgehead atoms. The Balaban J connectivity index is 1.68. The van der Waals surface area contributed by atoms with Crippen LogP contribution in [0.25, 0.3) is 5.76 Å². The van der Waals surface area contributed by atoms with Gasteiger partial charge in [-0.1, -0.05) is 0 Å². The van der Waals surface area contributed by atoms with Gasteiger partial charge in [-0.25, -0.2) is 4.39 Å². The van der Waals surface area contributed by atoms with Gasteiger partial charge in [-0.3, -0.25) is 24.6 Å². The van der Waals surface area contributed by atoms with Gasteiger partial charge in [0.05, 0.1) is 29.8 Å². The predicted octanol–water partition coefficient (Wildman–Crippen LogP) is 2.88. The van der Waals surface area contributed by atoms with Crippen LogP contribution in [0.2, 0.25) is 0 Å². The molecule has 10 heteroatoms. The number of hydrogen-bond acceptors (Lipinski definition) is 7. The SMILES string of the molecule is O=C1C(=O)N(CCCN2CCOCC2)[C@@H](c2ccc([N+](=O)[O-])cc2)C1=C(O)c1ccc(F)cc1. The molecule has 0 saturated carbocycles. The number of likely N-dealkylation sites (tertiary alicyclic amines) is 1. The first kappa shape index (κ1) is 23.5. The quantitative estimate of drug-likeness (QED) is 0.218. The fourth-order valence-corrected chi connectivity index (χ4v) is 4.29. The molecule has 1 atom stereocenters. The molecule has 2 fully saturated rings. The van der Waals surface area contributed by atoms with Gasteiger partial charge in [0.15, 0.2) is 0 Å². The van der Waals surface area contributed by atoms with E-state index in [-0.39, 0.29) is 23.4 Å². The van der Waals surface area contributed by atoms with Crippen molar-refractivity contribution >= 4 is 23.1 Å². The molecule has 1 amide bonds. The number of halogens is 1. The van der Waals surface area contributed by atoms with E-state index in [2.05, 4.69) is 4.90 Å². The van der Waals surface area contributed by atoms with E-state index >= 15 is 0 Å². The number of rotatable bonds is 7. The lowest BCUT2D eigenvalue weighted by molar-refractivity contribution is -0.384. The van der Waals surface area contributed by atoms with Crippen molar-refractivity contribution in [3.05, 3.63) is 81.2 Å². The fourth-order valence-electron chi connectivity index (χ4n) is 4.29. The summed E-state index contributed by atoms with van der Waals surface area (Å²) in [5.74, 6) is -2.53. The smallest absolute Gasteiger partial charge is 0.295 e. The Bertz CT molecular complexity index is 1110. The van der Waals surface area contributed by atoms with Crippen molar-refractivity contribution in [1.82, 2.24) is 9.80 Å². The summed E-state index contributed by atoms with van der Waals surface area (Å²) >= 11 is 0. The topological polar surface area (TPSA) is 113 Å². The third kappa shape index (κ3) is 4.82. The van der Waals surface area contributed by atoms with Crippen LogP contribution in [-0.4, -0.2) is 70.9 Å². The summed E-state index contributed by atoms with van der Waals surface area (Å²) in [5, 5.41) is 22.0. The number of hydrogen-bond donors (Lipinski definition) is 1. The first-order valence-electron chi connectivity index (χ1n) is 11.0. The number of nitro groups is 1. The fraction of sp³-hybridized carbons (Fsp3) is 0.333. The highest BCUT2D eigenvalue weighted by Gasteiger charge is 2.45. The zero-order valence-electron chi connectivity index (χ0n) is 18.4. The van der Waals surface area contributed by atoms with Crippen LogP contribution in [0.15, 0.2) is 54.1 Å². The molecular formula is C24H24FN3O6. The molecule has 2 heterocycles. The van der Waals surface area contributed by atoms with E-state index in [1.807, 2.05) is 0 Å². The van der Waals surface area contributed by atoms with Crippen molar-refractivity contribution in [3.8, 4) is 0 Å². The van der Waals surface area contributed by atoms with Crippen LogP contribution in [0.1, 0.15) is 23.6 Å². The maximum atomic E-state index is 13.4. The minimum absolute atomic E-state index is 0.128. The van der Waals surface area contributed by atoms with Gasteiger partial charge in [0.25, 0.3) is 17.4 Å². The lowest BCUT2D eigenvalue weighted by atomic mass is 9.95. The summed E-state index contributed by atoms with van der Waals surface area (Å²) in [6.45, 7) is 3.82. The van der Waals surface area contributed by atoms with Crippen molar-refractivity contribution in [1.29, 1.82) is 0 Å². The molecule has 2 aromatic rings. The number of non-ortho nitro benzene ring substituents is 1. The maximum Gasteiger partial charge on any atom is 0.295 e. The van der Waals surface area contributed by atoms with E-state index in [9.17, 15) is 29.2 Å². The Kier molecular flexibility index (Phi) is 6.99. The van der Waals surface area contributed by atoms with E-state index in [1.165, 1.54) is 41.3 Å². The number of aliphatic hydroxyl groups is 1. The number of aliphatic hydroxyl groups excluding tert-OH is 1. The van der Waals surface area contributed by atoms with Crippen LogP contribution in [0, 0.1) is 15.9 Å². The Morgan fingerprint density at radius 3 is 2.32 bits per heavy atom. The van der Waals surface area contributed by atoms with Gasteiger partial charge in [-0.2, -0.15) is 0 Å². The number of ketones is 1. The standard InChI is InChI=1S/C24H24FN3O6/c25-18-6-2-17(3-7-18)22(29)20-21(16-4-8-19(9-5-16)28(32)33)27(24(31)23(20)30)11-1-10-26-12-14-34-15-13-26/h2-9,21,29H,1,10-15H2/t21-/m0/s1. The molecule has 0 unspecified atom stereocenters. The van der Waals surface area contributed by atoms with E-state index in [4.69, 9.17) is 4.74 Å². The third-order valence-electron chi connectivity index (χ3n) is 6.05. The summed E-state index contributed by atoms with van der Waals surface area (Å²) < 4.78 is 18.7. The number of nitrogens with zero attached hydrogens (tertiary/aromatic N) is 3. The highest BCUT2D eigenvalue weighted by Crippen LogP contribution is 2.39. The summed E-state index contributed by atoms with van der Waals surface area (Å²) in [7, 11) is 0. The average Bonchev–Trinajstić information content (AvgIpc) is 3.10. The van der Waals surface area contributed by atoms with Crippen molar-refractivity contribution in [2.24, 2.45) is 0 Å². The molecule has 9 nitrogen and oxygen atoms in total. The molecule has 2 aliphatic heterocycles. The Hall–Kier alpha value is -3.63. The summed E-state index contributed by atoms with van der Waals surface area (Å²) in [6.07, 6.45) is 0.590. The Morgan fingerprint density at radius 1 is 1.06 bits per heavy atom. The number of carbonyl (C=O) groups excluding carboxylic acids is 2. The molecule has 2 aliphatic rings. The maximum absolute atomic E-state index is 13.4. The molecule has 0 aromatic heterocycles. The second-order valence-electron chi connectivity index (χ2n) is 8.16. The van der Waals surface area contributed by atoms with Crippen molar-refractivity contribution in [3.63, 3.8) is 0 Å². The number of Topliss-reactive ketones (excluding diaryl/α,β-unsaturated/α-hetero) is 1. The van der Waals surface area contributed by atoms with Crippen LogP contribution in [0.5, 0.6) is 0 Å². The lowest BCUT2D eigenvalue weighted by Gasteiger charge is -2.29. The molecular weight excluding hydrogens is 445 g/mol. The van der Waals surface area contributed by atoms with Gasteiger partial charge in [0.1, 0.15) is 11.6 Å². The third-order valence-corrected chi connectivity index (χ3v) is 6.05. The van der Waals surface area contributed by atoms with Crippen LogP contribution in [-0.2, 0) is 14.3 Å². The van der Waals surface area contributed by atoms with Gasteiger partial charge in [-0.15, -0.1) is 0 Å². The van der Waals surface area contributed by atoms with Crippen molar-refractivity contribution < 1.29 is 28.7 Å². The first-order valence-corrected chi connectivity index (χ1v) is 11.0. The van der Waals surface area contributed by atoms with Crippen molar-refractivity contribution in [2.75, 3.05) is 39.4 Å². The largest absolute Gasteiger partial charge is 0.507 e. The molecule has 2 saturated heterocycles. The Labute approximate surface area is 195 Å². The van der Waals surface area contributed by atoms with E-state index in [0.717, 1.165) is 25.2 Å². The van der Waals surface area contributed by atoms with Crippen LogP contribution < -0.4 is 0 Å². The minimum Gasteiger partial charge on any atom is -0.507 e. The molecule has 0 aliphatic carbocycles. The van der Waals surface area contributed by atoms with E-state index in [0.29, 0.717) is 31.7 Å². The van der Waals surface area contributed by atoms with Crippen LogP contribution in [0.3, 0.4) is 0 Å². The number of nitro benzene ring substituents is 1. The monoisotopic (exact) mass is 469 g/mol. The predicted molar refractivity (Wildman–Crippen MR) is 120 cm³/mol. The van der Waals surface area contributed by atoms with Crippen LogP contribution >= 0.6 is 0 Å². The second kappa shape index (κ2) is 10.1. The molecule has 1 N–H and O–H groups in total. The average molecular weight is 469 g/mol. The first-order chi connectivity index (χ1) is 16.4. The van der Waals surface area contributed by atoms with E-state index < -0.39 is 34.2 Å². The Morgan fingerprint density at radius 2 is 1.71 bits per heavy atom. The highest BCUT2D eigenvalue weighted by atomic mass is 19.1. The zero-order chi connectivity index (χ0) is 24.2. The van der Waals surface area contributed by atoms with Gasteiger partial charge in [-0.05, 0) is 48.4 Å². The number of morpholine rings is 1. The molecule has 2 aromatic carbocycles. The zero-order valence-corrected chi connectivity index (χ0v) is 18.4. The van der Waals surface area contributed by atoms with Gasteiger partial charge in [0.2, 0.25) is 0 Å². The van der Waals surface area contributed by atoms with Gasteiger partial charge >= 0.3 is 0 Å².